The molecule has 6 heteroatoms. The zero-order chi connectivity index (χ0) is 12.1. The fourth-order valence-corrected chi connectivity index (χ4v) is 3.06. The van der Waals surface area contributed by atoms with Crippen LogP contribution in [-0.2, 0) is 6.54 Å². The Morgan fingerprint density at radius 1 is 1.47 bits per heavy atom. The minimum atomic E-state index is 0.764. The van der Waals surface area contributed by atoms with Crippen LogP contribution in [0.15, 0.2) is 32.9 Å². The van der Waals surface area contributed by atoms with Crippen LogP contribution >= 0.6 is 34.7 Å². The van der Waals surface area contributed by atoms with E-state index < -0.39 is 0 Å². The molecule has 0 saturated carbocycles. The van der Waals surface area contributed by atoms with E-state index in [-0.39, 0.29) is 0 Å². The van der Waals surface area contributed by atoms with Crippen LogP contribution in [-0.4, -0.2) is 16.7 Å². The summed E-state index contributed by atoms with van der Waals surface area (Å²) >= 11 is 9.29. The average Bonchev–Trinajstić information content (AvgIpc) is 2.82. The molecule has 0 aliphatic rings. The molecule has 0 aliphatic heterocycles. The molecule has 1 N–H and O–H groups in total. The Balaban J connectivity index is 2.09. The molecule has 90 valence electrons. The van der Waals surface area contributed by atoms with Crippen molar-refractivity contribution in [3.63, 3.8) is 0 Å². The Bertz CT molecular complexity index is 474. The Labute approximate surface area is 114 Å². The fourth-order valence-electron chi connectivity index (χ4n) is 1.31. The molecule has 2 rings (SSSR count). The van der Waals surface area contributed by atoms with Gasteiger partial charge in [0.1, 0.15) is 5.51 Å². The van der Waals surface area contributed by atoms with Crippen molar-refractivity contribution in [1.82, 2.24) is 15.5 Å². The number of halogens is 1. The summed E-state index contributed by atoms with van der Waals surface area (Å²) in [5.74, 6) is 0. The average molecular weight is 286 g/mol. The second-order valence-electron chi connectivity index (χ2n) is 3.35. The predicted molar refractivity (Wildman–Crippen MR) is 72.9 cm³/mol. The lowest BCUT2D eigenvalue weighted by atomic mass is 10.2. The van der Waals surface area contributed by atoms with Gasteiger partial charge in [0, 0.05) is 11.4 Å². The number of hydrogen-bond acceptors (Lipinski definition) is 5. The van der Waals surface area contributed by atoms with Gasteiger partial charge >= 0.3 is 0 Å². The number of rotatable bonds is 5. The first-order valence-electron chi connectivity index (χ1n) is 5.22. The number of nitrogens with zero attached hydrogens (tertiary/aromatic N) is 2. The van der Waals surface area contributed by atoms with Gasteiger partial charge in [-0.1, -0.05) is 47.7 Å². The molecule has 3 nitrogen and oxygen atoms in total. The third-order valence-electron chi connectivity index (χ3n) is 2.11. The largest absolute Gasteiger partial charge is 0.313 e. The van der Waals surface area contributed by atoms with Crippen molar-refractivity contribution in [3.8, 4) is 0 Å². The van der Waals surface area contributed by atoms with Gasteiger partial charge in [-0.05, 0) is 24.2 Å². The van der Waals surface area contributed by atoms with Crippen molar-refractivity contribution in [1.29, 1.82) is 0 Å². The van der Waals surface area contributed by atoms with Crippen molar-refractivity contribution < 1.29 is 0 Å². The summed E-state index contributed by atoms with van der Waals surface area (Å²) in [6, 6.07) is 6.10. The zero-order valence-corrected chi connectivity index (χ0v) is 11.7. The number of aromatic nitrogens is 2. The molecule has 0 unspecified atom stereocenters. The summed E-state index contributed by atoms with van der Waals surface area (Å²) < 4.78 is 0.909. The summed E-state index contributed by atoms with van der Waals surface area (Å²) in [5.41, 5.74) is 2.91. The van der Waals surface area contributed by atoms with Gasteiger partial charge < -0.3 is 5.32 Å². The van der Waals surface area contributed by atoms with Crippen LogP contribution < -0.4 is 5.32 Å². The summed E-state index contributed by atoms with van der Waals surface area (Å²) in [6.07, 6.45) is 0. The van der Waals surface area contributed by atoms with Crippen molar-refractivity contribution in [3.05, 3.63) is 34.3 Å². The van der Waals surface area contributed by atoms with E-state index in [2.05, 4.69) is 28.5 Å². The molecule has 1 aromatic heterocycles. The summed E-state index contributed by atoms with van der Waals surface area (Å²) in [5, 5.41) is 11.8. The van der Waals surface area contributed by atoms with Gasteiger partial charge in [-0.25, -0.2) is 0 Å². The number of benzene rings is 1. The van der Waals surface area contributed by atoms with Crippen LogP contribution in [0.4, 0.5) is 0 Å². The molecule has 0 saturated heterocycles. The minimum absolute atomic E-state index is 0.764. The second-order valence-corrected chi connectivity index (χ2v) is 5.88. The highest BCUT2D eigenvalue weighted by Crippen LogP contribution is 2.34. The molecule has 2 aromatic rings. The van der Waals surface area contributed by atoms with Gasteiger partial charge in [-0.15, -0.1) is 10.2 Å². The summed E-state index contributed by atoms with van der Waals surface area (Å²) in [7, 11) is 0. The Morgan fingerprint density at radius 3 is 3.00 bits per heavy atom. The smallest absolute Gasteiger partial charge is 0.178 e. The van der Waals surface area contributed by atoms with Crippen molar-refractivity contribution in [2.75, 3.05) is 6.54 Å². The van der Waals surface area contributed by atoms with E-state index in [1.165, 1.54) is 16.9 Å². The van der Waals surface area contributed by atoms with Gasteiger partial charge in [0.25, 0.3) is 0 Å². The van der Waals surface area contributed by atoms with Gasteiger partial charge in [-0.3, -0.25) is 0 Å². The van der Waals surface area contributed by atoms with Crippen LogP contribution in [0, 0.1) is 0 Å². The third-order valence-corrected chi connectivity index (χ3v) is 4.39. The topological polar surface area (TPSA) is 37.8 Å². The van der Waals surface area contributed by atoms with E-state index >= 15 is 0 Å². The lowest BCUT2D eigenvalue weighted by molar-refractivity contribution is 0.726. The SMILES string of the molecule is CCNCc1ccc(Sc2nncs2)c(Cl)c1. The highest BCUT2D eigenvalue weighted by molar-refractivity contribution is 8.01. The molecule has 0 radical (unpaired) electrons. The first-order valence-corrected chi connectivity index (χ1v) is 7.30. The Hall–Kier alpha value is -0.620. The molecule has 1 heterocycles. The highest BCUT2D eigenvalue weighted by Gasteiger charge is 2.06. The first-order chi connectivity index (χ1) is 8.29. The van der Waals surface area contributed by atoms with Crippen molar-refractivity contribution in [2.45, 2.75) is 22.7 Å². The fraction of sp³-hybridized carbons (Fsp3) is 0.273. The maximum absolute atomic E-state index is 6.23. The third kappa shape index (κ3) is 3.67. The molecule has 17 heavy (non-hydrogen) atoms. The molecular weight excluding hydrogens is 274 g/mol. The first kappa shape index (κ1) is 12.8. The lowest BCUT2D eigenvalue weighted by Gasteiger charge is -2.05. The maximum atomic E-state index is 6.23. The van der Waals surface area contributed by atoms with Crippen LogP contribution in [0.1, 0.15) is 12.5 Å². The van der Waals surface area contributed by atoms with E-state index in [1.807, 2.05) is 12.1 Å². The van der Waals surface area contributed by atoms with Gasteiger partial charge in [0.15, 0.2) is 4.34 Å². The van der Waals surface area contributed by atoms with Crippen molar-refractivity contribution in [2.24, 2.45) is 0 Å². The van der Waals surface area contributed by atoms with Crippen LogP contribution in [0.25, 0.3) is 0 Å². The zero-order valence-electron chi connectivity index (χ0n) is 9.31. The monoisotopic (exact) mass is 285 g/mol. The van der Waals surface area contributed by atoms with Crippen LogP contribution in [0.2, 0.25) is 5.02 Å². The molecule has 0 amide bonds. The Morgan fingerprint density at radius 2 is 2.35 bits per heavy atom. The second kappa shape index (κ2) is 6.35. The van der Waals surface area contributed by atoms with Crippen LogP contribution in [0.3, 0.4) is 0 Å². The maximum Gasteiger partial charge on any atom is 0.178 e. The van der Waals surface area contributed by atoms with E-state index in [9.17, 15) is 0 Å². The van der Waals surface area contributed by atoms with Crippen molar-refractivity contribution >= 4 is 34.7 Å². The van der Waals surface area contributed by atoms with Gasteiger partial charge in [0.2, 0.25) is 0 Å². The predicted octanol–water partition coefficient (Wildman–Crippen LogP) is 3.45. The number of nitrogens with one attached hydrogen (secondary N) is 1. The van der Waals surface area contributed by atoms with E-state index in [1.54, 1.807) is 17.3 Å². The van der Waals surface area contributed by atoms with Gasteiger partial charge in [-0.2, -0.15) is 0 Å². The van der Waals surface area contributed by atoms with E-state index in [0.29, 0.717) is 0 Å². The lowest BCUT2D eigenvalue weighted by Crippen LogP contribution is -2.11. The number of hydrogen-bond donors (Lipinski definition) is 1. The standard InChI is InChI=1S/C11H12ClN3S2/c1-2-13-6-8-3-4-10(9(12)5-8)17-11-15-14-7-16-11/h3-5,7,13H,2,6H2,1H3. The van der Waals surface area contributed by atoms with Crippen LogP contribution in [0.5, 0.6) is 0 Å². The van der Waals surface area contributed by atoms with E-state index in [4.69, 9.17) is 11.6 Å². The minimum Gasteiger partial charge on any atom is -0.313 e. The quantitative estimate of drug-likeness (QED) is 0.913. The van der Waals surface area contributed by atoms with E-state index in [0.717, 1.165) is 27.3 Å². The summed E-state index contributed by atoms with van der Waals surface area (Å²) in [6.45, 7) is 3.89. The molecule has 0 spiro atoms. The molecule has 0 aliphatic carbocycles. The molecule has 0 fully saturated rings. The normalized spacial score (nSPS) is 10.7. The highest BCUT2D eigenvalue weighted by atomic mass is 35.5. The Kier molecular flexibility index (Phi) is 4.79. The molecule has 0 atom stereocenters. The molecular formula is C11H12ClN3S2. The summed E-state index contributed by atoms with van der Waals surface area (Å²) in [4.78, 5) is 1.02. The molecule has 1 aromatic carbocycles. The molecule has 0 bridgehead atoms. The van der Waals surface area contributed by atoms with Gasteiger partial charge in [0.05, 0.1) is 5.02 Å².